The van der Waals surface area contributed by atoms with E-state index in [1.165, 1.54) is 12.3 Å². The highest BCUT2D eigenvalue weighted by molar-refractivity contribution is 5.80. The molecule has 0 saturated heterocycles. The van der Waals surface area contributed by atoms with Crippen LogP contribution in [-0.4, -0.2) is 29.0 Å². The molecular weight excluding hydrogens is 339 g/mol. The van der Waals surface area contributed by atoms with Crippen molar-refractivity contribution in [2.75, 3.05) is 19.0 Å². The van der Waals surface area contributed by atoms with Crippen molar-refractivity contribution in [1.82, 2.24) is 15.0 Å². The van der Waals surface area contributed by atoms with Crippen LogP contribution >= 0.6 is 0 Å². The van der Waals surface area contributed by atoms with Crippen molar-refractivity contribution in [2.45, 2.75) is 0 Å². The Morgan fingerprint density at radius 3 is 2.48 bits per heavy atom. The number of fused-ring (bicyclic) bond motifs is 1. The summed E-state index contributed by atoms with van der Waals surface area (Å²) in [5.74, 6) is 5.80. The third-order valence-electron chi connectivity index (χ3n) is 4.23. The van der Waals surface area contributed by atoms with Gasteiger partial charge in [-0.15, -0.1) is 0 Å². The van der Waals surface area contributed by atoms with Gasteiger partial charge in [0.25, 0.3) is 0 Å². The number of pyridine rings is 2. The van der Waals surface area contributed by atoms with Gasteiger partial charge in [0.1, 0.15) is 5.65 Å². The number of rotatable bonds is 2. The molecule has 3 heterocycles. The summed E-state index contributed by atoms with van der Waals surface area (Å²) in [6.07, 6.45) is 1.48. The summed E-state index contributed by atoms with van der Waals surface area (Å²) in [5, 5.41) is 0.973. The summed E-state index contributed by atoms with van der Waals surface area (Å²) in [6.45, 7) is 0. The van der Waals surface area contributed by atoms with Crippen LogP contribution in [0.5, 0.6) is 0 Å². The highest BCUT2D eigenvalue weighted by Gasteiger charge is 2.05. The van der Waals surface area contributed by atoms with Crippen molar-refractivity contribution in [3.05, 3.63) is 78.0 Å². The Morgan fingerprint density at radius 2 is 1.78 bits per heavy atom. The van der Waals surface area contributed by atoms with Crippen molar-refractivity contribution in [1.29, 1.82) is 0 Å². The Kier molecular flexibility index (Phi) is 4.31. The van der Waals surface area contributed by atoms with Crippen molar-refractivity contribution in [2.24, 2.45) is 0 Å². The Hall–Kier alpha value is -3.65. The minimum absolute atomic E-state index is 0.504. The summed E-state index contributed by atoms with van der Waals surface area (Å²) in [5.41, 5.74) is 5.12. The number of halogens is 1. The Balaban J connectivity index is 1.61. The first-order chi connectivity index (χ1) is 13.1. The second-order valence-electron chi connectivity index (χ2n) is 6.38. The Morgan fingerprint density at radius 1 is 0.963 bits per heavy atom. The maximum atomic E-state index is 13.0. The molecule has 0 aliphatic rings. The SMILES string of the molecule is CN(C)c1ccc(C#Cc2cc3ccc(-c4ccc(F)nc4)nc3[nH]2)cc1. The molecule has 0 spiro atoms. The lowest BCUT2D eigenvalue weighted by molar-refractivity contribution is 0.584. The summed E-state index contributed by atoms with van der Waals surface area (Å²) in [7, 11) is 4.02. The van der Waals surface area contributed by atoms with Crippen LogP contribution in [0.3, 0.4) is 0 Å². The molecule has 4 aromatic rings. The Bertz CT molecular complexity index is 1150. The van der Waals surface area contributed by atoms with E-state index in [0.717, 1.165) is 39.2 Å². The van der Waals surface area contributed by atoms with Crippen molar-refractivity contribution in [3.63, 3.8) is 0 Å². The van der Waals surface area contributed by atoms with Crippen LogP contribution in [0, 0.1) is 17.8 Å². The fourth-order valence-corrected chi connectivity index (χ4v) is 2.74. The molecule has 0 atom stereocenters. The molecule has 0 aliphatic heterocycles. The van der Waals surface area contributed by atoms with Crippen LogP contribution in [0.15, 0.2) is 60.8 Å². The number of aromatic amines is 1. The summed E-state index contributed by atoms with van der Waals surface area (Å²) >= 11 is 0. The van der Waals surface area contributed by atoms with Gasteiger partial charge in [-0.2, -0.15) is 4.39 Å². The molecule has 4 rings (SSSR count). The minimum atomic E-state index is -0.504. The van der Waals surface area contributed by atoms with E-state index in [9.17, 15) is 4.39 Å². The number of benzene rings is 1. The third kappa shape index (κ3) is 3.65. The van der Waals surface area contributed by atoms with E-state index in [-0.39, 0.29) is 0 Å². The molecule has 0 amide bonds. The molecule has 27 heavy (non-hydrogen) atoms. The van der Waals surface area contributed by atoms with Crippen LogP contribution in [0.1, 0.15) is 11.3 Å². The smallest absolute Gasteiger partial charge is 0.212 e. The van der Waals surface area contributed by atoms with Gasteiger partial charge in [-0.05, 0) is 60.5 Å². The van der Waals surface area contributed by atoms with Crippen molar-refractivity contribution >= 4 is 16.7 Å². The van der Waals surface area contributed by atoms with Gasteiger partial charge in [-0.25, -0.2) is 9.97 Å². The number of aromatic nitrogens is 3. The number of anilines is 1. The highest BCUT2D eigenvalue weighted by atomic mass is 19.1. The first-order valence-electron chi connectivity index (χ1n) is 8.49. The molecule has 0 bridgehead atoms. The second-order valence-corrected chi connectivity index (χ2v) is 6.38. The molecule has 1 N–H and O–H groups in total. The monoisotopic (exact) mass is 356 g/mol. The maximum absolute atomic E-state index is 13.0. The average molecular weight is 356 g/mol. The molecule has 0 saturated carbocycles. The van der Waals surface area contributed by atoms with Gasteiger partial charge in [-0.3, -0.25) is 0 Å². The van der Waals surface area contributed by atoms with E-state index in [1.807, 2.05) is 56.6 Å². The predicted molar refractivity (Wildman–Crippen MR) is 106 cm³/mol. The van der Waals surface area contributed by atoms with E-state index >= 15 is 0 Å². The number of nitrogens with zero attached hydrogens (tertiary/aromatic N) is 3. The van der Waals surface area contributed by atoms with E-state index < -0.39 is 5.95 Å². The molecule has 1 aromatic carbocycles. The molecule has 0 aliphatic carbocycles. The lowest BCUT2D eigenvalue weighted by Gasteiger charge is -2.11. The highest BCUT2D eigenvalue weighted by Crippen LogP contribution is 2.21. The predicted octanol–water partition coefficient (Wildman–Crippen LogP) is 4.23. The fourth-order valence-electron chi connectivity index (χ4n) is 2.74. The molecule has 4 nitrogen and oxygen atoms in total. The van der Waals surface area contributed by atoms with Crippen LogP contribution in [0.4, 0.5) is 10.1 Å². The number of hydrogen-bond donors (Lipinski definition) is 1. The molecular formula is C22H17FN4. The largest absolute Gasteiger partial charge is 0.378 e. The van der Waals surface area contributed by atoms with Gasteiger partial charge >= 0.3 is 0 Å². The topological polar surface area (TPSA) is 44.8 Å². The van der Waals surface area contributed by atoms with Crippen LogP contribution in [0.2, 0.25) is 0 Å². The number of hydrogen-bond acceptors (Lipinski definition) is 3. The van der Waals surface area contributed by atoms with Gasteiger partial charge in [0.2, 0.25) is 5.95 Å². The molecule has 3 aromatic heterocycles. The zero-order valence-corrected chi connectivity index (χ0v) is 15.0. The summed E-state index contributed by atoms with van der Waals surface area (Å²) < 4.78 is 13.0. The Labute approximate surface area is 156 Å². The quantitative estimate of drug-likeness (QED) is 0.432. The van der Waals surface area contributed by atoms with Gasteiger partial charge in [0, 0.05) is 42.5 Å². The first-order valence-corrected chi connectivity index (χ1v) is 8.49. The van der Waals surface area contributed by atoms with E-state index in [0.29, 0.717) is 0 Å². The first kappa shape index (κ1) is 16.8. The molecule has 0 unspecified atom stereocenters. The third-order valence-corrected chi connectivity index (χ3v) is 4.23. The standard InChI is InChI=1S/C22H17FN4/c1-27(2)19-9-4-15(5-10-19)3-8-18-13-16-6-11-20(26-22(16)25-18)17-7-12-21(23)24-14-17/h4-7,9-14H,1-2H3,(H,25,26). The molecule has 0 radical (unpaired) electrons. The molecule has 132 valence electrons. The van der Waals surface area contributed by atoms with Crippen LogP contribution < -0.4 is 4.90 Å². The van der Waals surface area contributed by atoms with E-state index in [4.69, 9.17) is 0 Å². The lowest BCUT2D eigenvalue weighted by atomic mass is 10.2. The summed E-state index contributed by atoms with van der Waals surface area (Å²) in [6, 6.07) is 16.9. The molecule has 0 fully saturated rings. The maximum Gasteiger partial charge on any atom is 0.212 e. The fraction of sp³-hybridized carbons (Fsp3) is 0.0909. The normalized spacial score (nSPS) is 10.5. The zero-order valence-electron chi connectivity index (χ0n) is 15.0. The van der Waals surface area contributed by atoms with Crippen molar-refractivity contribution in [3.8, 4) is 23.1 Å². The average Bonchev–Trinajstić information content (AvgIpc) is 3.09. The van der Waals surface area contributed by atoms with E-state index in [1.54, 1.807) is 6.07 Å². The molecule has 5 heteroatoms. The van der Waals surface area contributed by atoms with Gasteiger partial charge < -0.3 is 9.88 Å². The van der Waals surface area contributed by atoms with Gasteiger partial charge in [0.05, 0.1) is 11.4 Å². The number of H-pyrrole nitrogens is 1. The second kappa shape index (κ2) is 6.93. The van der Waals surface area contributed by atoms with Gasteiger partial charge in [-0.1, -0.05) is 5.92 Å². The zero-order chi connectivity index (χ0) is 18.8. The van der Waals surface area contributed by atoms with Crippen LogP contribution in [-0.2, 0) is 0 Å². The van der Waals surface area contributed by atoms with Gasteiger partial charge in [0.15, 0.2) is 0 Å². The van der Waals surface area contributed by atoms with Crippen molar-refractivity contribution < 1.29 is 4.39 Å². The minimum Gasteiger partial charge on any atom is -0.378 e. The lowest BCUT2D eigenvalue weighted by Crippen LogP contribution is -2.07. The number of nitrogens with one attached hydrogen (secondary N) is 1. The van der Waals surface area contributed by atoms with Crippen LogP contribution in [0.25, 0.3) is 22.3 Å². The van der Waals surface area contributed by atoms with E-state index in [2.05, 4.69) is 31.7 Å². The summed E-state index contributed by atoms with van der Waals surface area (Å²) in [4.78, 5) is 13.5.